The Morgan fingerprint density at radius 1 is 0.909 bits per heavy atom. The lowest BCUT2D eigenvalue weighted by Crippen LogP contribution is -2.35. The lowest BCUT2D eigenvalue weighted by molar-refractivity contribution is -0.156. The van der Waals surface area contributed by atoms with Crippen LogP contribution in [-0.4, -0.2) is 37.7 Å². The van der Waals surface area contributed by atoms with Gasteiger partial charge in [-0.1, -0.05) is 24.3 Å². The molecular weight excluding hydrogens is 288 g/mol. The fraction of sp³-hybridized carbons (Fsp3) is 0.250. The summed E-state index contributed by atoms with van der Waals surface area (Å²) in [5.41, 5.74) is 0.264. The molecule has 0 saturated carbocycles. The van der Waals surface area contributed by atoms with Crippen molar-refractivity contribution in [2.45, 2.75) is 6.92 Å². The largest absolute Gasteiger partial charge is 0.468 e. The molecule has 0 radical (unpaired) electrons. The van der Waals surface area contributed by atoms with Crippen LogP contribution >= 0.6 is 0 Å². The third kappa shape index (κ3) is 2.32. The number of hydrogen-bond donors (Lipinski definition) is 0. The first-order valence-corrected chi connectivity index (χ1v) is 6.48. The number of allylic oxidation sites excluding steroid dienone is 1. The zero-order valence-electron chi connectivity index (χ0n) is 12.3. The second kappa shape index (κ2) is 5.93. The molecule has 0 N–H and O–H groups in total. The Kier molecular flexibility index (Phi) is 4.21. The summed E-state index contributed by atoms with van der Waals surface area (Å²) in [6.07, 6.45) is 0. The molecule has 2 rings (SSSR count). The zero-order chi connectivity index (χ0) is 16.4. The van der Waals surface area contributed by atoms with E-state index in [0.29, 0.717) is 0 Å². The van der Waals surface area contributed by atoms with Gasteiger partial charge in [-0.05, 0) is 6.92 Å². The Morgan fingerprint density at radius 3 is 1.82 bits per heavy atom. The van der Waals surface area contributed by atoms with Crippen molar-refractivity contribution in [3.63, 3.8) is 0 Å². The van der Waals surface area contributed by atoms with Crippen LogP contribution in [0.15, 0.2) is 35.4 Å². The Labute approximate surface area is 126 Å². The molecule has 6 heteroatoms. The van der Waals surface area contributed by atoms with Gasteiger partial charge in [0.1, 0.15) is 0 Å². The summed E-state index contributed by atoms with van der Waals surface area (Å²) in [5.74, 6) is -4.40. The molecule has 1 aliphatic carbocycles. The first-order valence-electron chi connectivity index (χ1n) is 6.48. The number of rotatable bonds is 3. The van der Waals surface area contributed by atoms with Crippen LogP contribution in [-0.2, 0) is 19.1 Å². The van der Waals surface area contributed by atoms with Gasteiger partial charge >= 0.3 is 11.9 Å². The Morgan fingerprint density at radius 2 is 1.36 bits per heavy atom. The van der Waals surface area contributed by atoms with E-state index in [0.717, 1.165) is 14.2 Å². The maximum absolute atomic E-state index is 12.6. The monoisotopic (exact) mass is 302 g/mol. The van der Waals surface area contributed by atoms with E-state index >= 15 is 0 Å². The molecule has 0 fully saturated rings. The van der Waals surface area contributed by atoms with E-state index in [9.17, 15) is 19.2 Å². The first-order chi connectivity index (χ1) is 10.4. The van der Waals surface area contributed by atoms with Crippen molar-refractivity contribution >= 4 is 23.5 Å². The predicted octanol–water partition coefficient (Wildman–Crippen LogP) is 1.34. The number of carbonyl (C=O) groups is 4. The number of benzene rings is 1. The SMILES string of the molecule is COC(=O)C(C(=O)OC)C1=C(C)C(=O)c2ccccc2C1=O. The lowest BCUT2D eigenvalue weighted by atomic mass is 9.79. The summed E-state index contributed by atoms with van der Waals surface area (Å²) in [4.78, 5) is 48.8. The van der Waals surface area contributed by atoms with E-state index in [-0.39, 0.29) is 22.3 Å². The molecule has 0 bridgehead atoms. The number of ether oxygens (including phenoxy) is 2. The van der Waals surface area contributed by atoms with Gasteiger partial charge < -0.3 is 9.47 Å². The molecular formula is C16H14O6. The van der Waals surface area contributed by atoms with Crippen LogP contribution in [0.5, 0.6) is 0 Å². The van der Waals surface area contributed by atoms with Crippen LogP contribution in [0.25, 0.3) is 0 Å². The molecule has 0 atom stereocenters. The number of methoxy groups -OCH3 is 2. The van der Waals surface area contributed by atoms with Crippen LogP contribution < -0.4 is 0 Å². The van der Waals surface area contributed by atoms with Gasteiger partial charge in [0.25, 0.3) is 0 Å². The quantitative estimate of drug-likeness (QED) is 0.618. The molecule has 0 amide bonds. The maximum atomic E-state index is 12.6. The van der Waals surface area contributed by atoms with Crippen molar-refractivity contribution in [1.29, 1.82) is 0 Å². The molecule has 0 heterocycles. The number of Topliss-reactive ketones (excluding diaryl/α,β-unsaturated/α-hetero) is 2. The Bertz CT molecular complexity index is 697. The van der Waals surface area contributed by atoms with E-state index in [1.807, 2.05) is 0 Å². The second-order valence-electron chi connectivity index (χ2n) is 4.72. The summed E-state index contributed by atoms with van der Waals surface area (Å²) < 4.78 is 9.14. The van der Waals surface area contributed by atoms with Crippen molar-refractivity contribution in [2.24, 2.45) is 5.92 Å². The van der Waals surface area contributed by atoms with E-state index in [1.54, 1.807) is 12.1 Å². The van der Waals surface area contributed by atoms with Crippen LogP contribution in [0.1, 0.15) is 27.6 Å². The predicted molar refractivity (Wildman–Crippen MR) is 75.3 cm³/mol. The van der Waals surface area contributed by atoms with Crippen LogP contribution in [0.4, 0.5) is 0 Å². The highest BCUT2D eigenvalue weighted by Gasteiger charge is 2.42. The van der Waals surface area contributed by atoms with Crippen molar-refractivity contribution in [2.75, 3.05) is 14.2 Å². The molecule has 1 aromatic carbocycles. The minimum atomic E-state index is -1.57. The molecule has 0 unspecified atom stereocenters. The summed E-state index contributed by atoms with van der Waals surface area (Å²) in [6.45, 7) is 1.41. The smallest absolute Gasteiger partial charge is 0.324 e. The van der Waals surface area contributed by atoms with E-state index in [4.69, 9.17) is 0 Å². The lowest BCUT2D eigenvalue weighted by Gasteiger charge is -2.22. The fourth-order valence-electron chi connectivity index (χ4n) is 2.43. The topological polar surface area (TPSA) is 86.7 Å². The average Bonchev–Trinajstić information content (AvgIpc) is 2.55. The zero-order valence-corrected chi connectivity index (χ0v) is 12.3. The third-order valence-corrected chi connectivity index (χ3v) is 3.57. The van der Waals surface area contributed by atoms with Gasteiger partial charge in [0.05, 0.1) is 14.2 Å². The highest BCUT2D eigenvalue weighted by Crippen LogP contribution is 2.31. The summed E-state index contributed by atoms with van der Waals surface area (Å²) in [6, 6.07) is 6.25. The van der Waals surface area contributed by atoms with Crippen LogP contribution in [0.3, 0.4) is 0 Å². The highest BCUT2D eigenvalue weighted by atomic mass is 16.5. The molecule has 1 aliphatic rings. The molecule has 22 heavy (non-hydrogen) atoms. The normalized spacial score (nSPS) is 14.0. The number of fused-ring (bicyclic) bond motifs is 1. The fourth-order valence-corrected chi connectivity index (χ4v) is 2.43. The standard InChI is InChI=1S/C16H14O6/c1-8-11(12(15(19)21-2)16(20)22-3)14(18)10-7-5-4-6-9(10)13(8)17/h4-7,12H,1-3H3. The van der Waals surface area contributed by atoms with Gasteiger partial charge in [-0.15, -0.1) is 0 Å². The number of ketones is 2. The van der Waals surface area contributed by atoms with Crippen molar-refractivity contribution in [3.8, 4) is 0 Å². The number of esters is 2. The van der Waals surface area contributed by atoms with Crippen LogP contribution in [0, 0.1) is 5.92 Å². The summed E-state index contributed by atoms with van der Waals surface area (Å²) in [5, 5.41) is 0. The van der Waals surface area contributed by atoms with Crippen molar-refractivity contribution in [1.82, 2.24) is 0 Å². The van der Waals surface area contributed by atoms with E-state index in [2.05, 4.69) is 9.47 Å². The van der Waals surface area contributed by atoms with Gasteiger partial charge in [-0.25, -0.2) is 0 Å². The van der Waals surface area contributed by atoms with E-state index < -0.39 is 29.4 Å². The minimum absolute atomic E-state index is 0.0458. The molecule has 0 saturated heterocycles. The Balaban J connectivity index is 2.65. The Hall–Kier alpha value is -2.76. The molecule has 0 aliphatic heterocycles. The molecule has 0 spiro atoms. The maximum Gasteiger partial charge on any atom is 0.324 e. The molecule has 1 aromatic rings. The van der Waals surface area contributed by atoms with Gasteiger partial charge in [0.2, 0.25) is 0 Å². The van der Waals surface area contributed by atoms with Gasteiger partial charge in [-0.3, -0.25) is 19.2 Å². The minimum Gasteiger partial charge on any atom is -0.468 e. The molecule has 6 nitrogen and oxygen atoms in total. The second-order valence-corrected chi connectivity index (χ2v) is 4.72. The first kappa shape index (κ1) is 15.6. The van der Waals surface area contributed by atoms with E-state index in [1.165, 1.54) is 19.1 Å². The van der Waals surface area contributed by atoms with Gasteiger partial charge in [0.15, 0.2) is 17.5 Å². The third-order valence-electron chi connectivity index (χ3n) is 3.57. The summed E-state index contributed by atoms with van der Waals surface area (Å²) >= 11 is 0. The summed E-state index contributed by atoms with van der Waals surface area (Å²) in [7, 11) is 2.19. The van der Waals surface area contributed by atoms with Crippen molar-refractivity contribution in [3.05, 3.63) is 46.5 Å². The van der Waals surface area contributed by atoms with Crippen LogP contribution in [0.2, 0.25) is 0 Å². The average molecular weight is 302 g/mol. The van der Waals surface area contributed by atoms with Gasteiger partial charge in [-0.2, -0.15) is 0 Å². The van der Waals surface area contributed by atoms with Crippen molar-refractivity contribution < 1.29 is 28.7 Å². The van der Waals surface area contributed by atoms with Gasteiger partial charge in [0, 0.05) is 22.3 Å². The molecule has 0 aromatic heterocycles. The number of carbonyl (C=O) groups excluding carboxylic acids is 4. The number of hydrogen-bond acceptors (Lipinski definition) is 6. The highest BCUT2D eigenvalue weighted by molar-refractivity contribution is 6.29. The molecule has 114 valence electrons.